The Bertz CT molecular complexity index is 460. The molecule has 0 radical (unpaired) electrons. The molecule has 1 aromatic rings. The van der Waals surface area contributed by atoms with Crippen LogP contribution in [0.15, 0.2) is 29.7 Å². The maximum atomic E-state index is 4.63. The van der Waals surface area contributed by atoms with Crippen molar-refractivity contribution in [1.29, 1.82) is 0 Å². The van der Waals surface area contributed by atoms with Gasteiger partial charge in [-0.15, -0.1) is 11.8 Å². The van der Waals surface area contributed by atoms with Crippen LogP contribution >= 0.6 is 0 Å². The Hall–Kier alpha value is -1.82. The quantitative estimate of drug-likeness (QED) is 0.231. The number of nitrogens with zero attached hydrogens (tertiary/aromatic N) is 2. The van der Waals surface area contributed by atoms with Gasteiger partial charge in [-0.25, -0.2) is 0 Å². The molecule has 23 heavy (non-hydrogen) atoms. The number of aromatic nitrogens is 1. The molecule has 3 nitrogen and oxygen atoms in total. The molecule has 0 fully saturated rings. The van der Waals surface area contributed by atoms with E-state index < -0.39 is 0 Å². The molecule has 0 saturated heterocycles. The second-order valence-electron chi connectivity index (χ2n) is 5.70. The molecule has 0 atom stereocenters. The summed E-state index contributed by atoms with van der Waals surface area (Å²) >= 11 is 0. The van der Waals surface area contributed by atoms with E-state index in [1.54, 1.807) is 7.11 Å². The molecule has 0 bridgehead atoms. The topological polar surface area (TPSA) is 34.5 Å². The molecule has 0 N–H and O–H groups in total. The van der Waals surface area contributed by atoms with Gasteiger partial charge in [-0.05, 0) is 37.3 Å². The van der Waals surface area contributed by atoms with Crippen LogP contribution in [0, 0.1) is 11.8 Å². The Morgan fingerprint density at radius 1 is 1.04 bits per heavy atom. The molecule has 0 aliphatic carbocycles. The molecule has 0 aliphatic rings. The largest absolute Gasteiger partial charge is 0.399 e. The van der Waals surface area contributed by atoms with Gasteiger partial charge in [0.15, 0.2) is 0 Å². The van der Waals surface area contributed by atoms with Crippen molar-refractivity contribution in [2.75, 3.05) is 7.11 Å². The lowest BCUT2D eigenvalue weighted by atomic mass is 10.1. The van der Waals surface area contributed by atoms with Gasteiger partial charge in [0.25, 0.3) is 0 Å². The summed E-state index contributed by atoms with van der Waals surface area (Å²) in [6.45, 7) is 0. The van der Waals surface area contributed by atoms with Crippen LogP contribution in [-0.4, -0.2) is 18.3 Å². The number of hydrogen-bond donors (Lipinski definition) is 0. The highest BCUT2D eigenvalue weighted by atomic mass is 16.6. The molecule has 0 aromatic carbocycles. The predicted octanol–water partition coefficient (Wildman–Crippen LogP) is 5.16. The molecule has 0 spiro atoms. The number of aryl methyl sites for hydroxylation is 1. The van der Waals surface area contributed by atoms with Gasteiger partial charge < -0.3 is 4.84 Å². The van der Waals surface area contributed by atoms with Crippen LogP contribution < -0.4 is 0 Å². The lowest BCUT2D eigenvalue weighted by Crippen LogP contribution is -1.84. The summed E-state index contributed by atoms with van der Waals surface area (Å²) < 4.78 is 0. The van der Waals surface area contributed by atoms with Gasteiger partial charge in [0.1, 0.15) is 7.11 Å². The summed E-state index contributed by atoms with van der Waals surface area (Å²) in [7, 11) is 1.58. The second-order valence-corrected chi connectivity index (χ2v) is 5.70. The molecule has 0 aliphatic heterocycles. The van der Waals surface area contributed by atoms with Gasteiger partial charge in [0.2, 0.25) is 0 Å². The summed E-state index contributed by atoms with van der Waals surface area (Å²) in [5, 5.41) is 3.74. The summed E-state index contributed by atoms with van der Waals surface area (Å²) in [4.78, 5) is 8.74. The molecule has 126 valence electrons. The normalized spacial score (nSPS) is 10.5. The number of rotatable bonds is 12. The Morgan fingerprint density at radius 2 is 1.78 bits per heavy atom. The average molecular weight is 314 g/mol. The van der Waals surface area contributed by atoms with Crippen molar-refractivity contribution in [2.45, 2.75) is 70.6 Å². The van der Waals surface area contributed by atoms with E-state index in [2.05, 4.69) is 32.9 Å². The first-order valence-corrected chi connectivity index (χ1v) is 8.83. The monoisotopic (exact) mass is 314 g/mol. The summed E-state index contributed by atoms with van der Waals surface area (Å²) in [5.41, 5.74) is 1.27. The zero-order valence-corrected chi connectivity index (χ0v) is 14.5. The van der Waals surface area contributed by atoms with Crippen LogP contribution in [0.2, 0.25) is 0 Å². The number of oxime groups is 1. The lowest BCUT2D eigenvalue weighted by molar-refractivity contribution is 0.214. The van der Waals surface area contributed by atoms with Gasteiger partial charge >= 0.3 is 0 Å². The van der Waals surface area contributed by atoms with E-state index in [9.17, 15) is 0 Å². The molecule has 1 heterocycles. The average Bonchev–Trinajstić information content (AvgIpc) is 2.59. The van der Waals surface area contributed by atoms with E-state index in [1.807, 2.05) is 24.7 Å². The fraction of sp³-hybridized carbons (Fsp3) is 0.600. The molecular formula is C20H30N2O. The Morgan fingerprint density at radius 3 is 2.52 bits per heavy atom. The lowest BCUT2D eigenvalue weighted by Gasteiger charge is -1.99. The third-order valence-electron chi connectivity index (χ3n) is 3.70. The fourth-order valence-corrected chi connectivity index (χ4v) is 2.39. The predicted molar refractivity (Wildman–Crippen MR) is 97.4 cm³/mol. The first kappa shape index (κ1) is 19.2. The SMILES string of the molecule is CON=CCCCCCCCCCC#CCCc1cccnc1. The number of pyridine rings is 1. The van der Waals surface area contributed by atoms with Crippen molar-refractivity contribution in [3.05, 3.63) is 30.1 Å². The zero-order valence-electron chi connectivity index (χ0n) is 14.5. The van der Waals surface area contributed by atoms with Crippen molar-refractivity contribution >= 4 is 6.21 Å². The standard InChI is InChI=1S/C20H30N2O/c1-23-22-18-13-11-9-7-5-3-2-4-6-8-10-12-15-20-16-14-17-21-19-20/h14,16-19H,2-7,9,11-13,15H2,1H3. The van der Waals surface area contributed by atoms with Crippen LogP contribution in [0.4, 0.5) is 0 Å². The summed E-state index contributed by atoms with van der Waals surface area (Å²) in [6, 6.07) is 4.09. The highest BCUT2D eigenvalue weighted by Gasteiger charge is 1.91. The number of hydrogen-bond acceptors (Lipinski definition) is 3. The zero-order chi connectivity index (χ0) is 16.4. The highest BCUT2D eigenvalue weighted by molar-refractivity contribution is 5.55. The van der Waals surface area contributed by atoms with Crippen LogP contribution in [-0.2, 0) is 11.3 Å². The molecule has 3 heteroatoms. The minimum absolute atomic E-state index is 0.943. The Labute approximate surface area is 141 Å². The van der Waals surface area contributed by atoms with E-state index in [0.29, 0.717) is 0 Å². The van der Waals surface area contributed by atoms with Crippen LogP contribution in [0.5, 0.6) is 0 Å². The Kier molecular flexibility index (Phi) is 12.6. The highest BCUT2D eigenvalue weighted by Crippen LogP contribution is 2.09. The van der Waals surface area contributed by atoms with Gasteiger partial charge in [-0.1, -0.05) is 43.3 Å². The van der Waals surface area contributed by atoms with E-state index in [0.717, 1.165) is 25.7 Å². The van der Waals surface area contributed by atoms with Crippen molar-refractivity contribution in [3.63, 3.8) is 0 Å². The third-order valence-corrected chi connectivity index (χ3v) is 3.70. The third kappa shape index (κ3) is 12.4. The van der Waals surface area contributed by atoms with Crippen molar-refractivity contribution in [1.82, 2.24) is 4.98 Å². The fourth-order valence-electron chi connectivity index (χ4n) is 2.39. The van der Waals surface area contributed by atoms with Gasteiger partial charge in [-0.2, -0.15) is 0 Å². The molecule has 1 rings (SSSR count). The summed E-state index contributed by atoms with van der Waals surface area (Å²) in [6.07, 6.45) is 18.7. The number of unbranched alkanes of at least 4 members (excludes halogenated alkanes) is 8. The van der Waals surface area contributed by atoms with Crippen molar-refractivity contribution in [2.24, 2.45) is 5.16 Å². The van der Waals surface area contributed by atoms with Crippen LogP contribution in [0.25, 0.3) is 0 Å². The minimum atomic E-state index is 0.943. The Balaban J connectivity index is 1.83. The van der Waals surface area contributed by atoms with Crippen LogP contribution in [0.1, 0.15) is 69.8 Å². The molecule has 1 aromatic heterocycles. The van der Waals surface area contributed by atoms with Gasteiger partial charge in [0.05, 0.1) is 0 Å². The molecule has 0 unspecified atom stereocenters. The van der Waals surface area contributed by atoms with E-state index >= 15 is 0 Å². The van der Waals surface area contributed by atoms with E-state index in [-0.39, 0.29) is 0 Å². The second kappa shape index (κ2) is 15.1. The van der Waals surface area contributed by atoms with Gasteiger partial charge in [0, 0.05) is 31.4 Å². The first-order valence-electron chi connectivity index (χ1n) is 8.83. The molecule has 0 saturated carbocycles. The smallest absolute Gasteiger partial charge is 0.106 e. The molecule has 0 amide bonds. The van der Waals surface area contributed by atoms with Crippen molar-refractivity contribution in [3.8, 4) is 11.8 Å². The van der Waals surface area contributed by atoms with Gasteiger partial charge in [-0.3, -0.25) is 4.98 Å². The van der Waals surface area contributed by atoms with Crippen molar-refractivity contribution < 1.29 is 4.84 Å². The van der Waals surface area contributed by atoms with E-state index in [4.69, 9.17) is 0 Å². The van der Waals surface area contributed by atoms with E-state index in [1.165, 1.54) is 50.5 Å². The minimum Gasteiger partial charge on any atom is -0.399 e. The first-order chi connectivity index (χ1) is 11.4. The maximum absolute atomic E-state index is 4.63. The van der Waals surface area contributed by atoms with Crippen LogP contribution in [0.3, 0.4) is 0 Å². The molecular weight excluding hydrogens is 284 g/mol. The maximum Gasteiger partial charge on any atom is 0.106 e. The summed E-state index contributed by atoms with van der Waals surface area (Å²) in [5.74, 6) is 6.56.